The lowest BCUT2D eigenvalue weighted by Crippen LogP contribution is -2.61. The largest absolute Gasteiger partial charge is 0.350 e. The lowest BCUT2D eigenvalue weighted by molar-refractivity contribution is -0.123. The molecule has 10 heteroatoms. The summed E-state index contributed by atoms with van der Waals surface area (Å²) in [5, 5.41) is 8.00. The molecule has 2 aliphatic rings. The van der Waals surface area contributed by atoms with Crippen LogP contribution in [0.15, 0.2) is 29.9 Å². The first-order chi connectivity index (χ1) is 15.0. The Balaban J connectivity index is 1.32. The fraction of sp³-hybridized carbons (Fsp3) is 0.381. The Kier molecular flexibility index (Phi) is 5.01. The number of thiophene rings is 1. The van der Waals surface area contributed by atoms with Crippen LogP contribution in [0.5, 0.6) is 0 Å². The highest BCUT2D eigenvalue weighted by atomic mass is 32.1. The van der Waals surface area contributed by atoms with Gasteiger partial charge in [-0.25, -0.2) is 14.4 Å². The fourth-order valence-corrected chi connectivity index (χ4v) is 4.38. The molecule has 8 nitrogen and oxygen atoms in total. The van der Waals surface area contributed by atoms with Gasteiger partial charge in [0.1, 0.15) is 5.82 Å². The van der Waals surface area contributed by atoms with Gasteiger partial charge in [-0.3, -0.25) is 14.6 Å². The van der Waals surface area contributed by atoms with Crippen LogP contribution in [0.3, 0.4) is 0 Å². The number of amides is 2. The summed E-state index contributed by atoms with van der Waals surface area (Å²) in [4.78, 5) is 39.6. The van der Waals surface area contributed by atoms with E-state index in [-0.39, 0.29) is 29.8 Å². The van der Waals surface area contributed by atoms with Crippen LogP contribution in [0.4, 0.5) is 10.3 Å². The van der Waals surface area contributed by atoms with E-state index in [1.807, 2.05) is 18.4 Å². The summed E-state index contributed by atoms with van der Waals surface area (Å²) in [6.07, 6.45) is 4.64. The Bertz CT molecular complexity index is 1160. The topological polar surface area (TPSA) is 100 Å². The van der Waals surface area contributed by atoms with Gasteiger partial charge in [0.05, 0.1) is 28.5 Å². The molecule has 1 aliphatic carbocycles. The smallest absolute Gasteiger partial charge is 0.274 e. The number of fused-ring (bicyclic) bond motifs is 1. The Morgan fingerprint density at radius 1 is 1.26 bits per heavy atom. The lowest BCUT2D eigenvalue weighted by atomic mass is 10.1. The monoisotopic (exact) mass is 440 g/mol. The van der Waals surface area contributed by atoms with Crippen LogP contribution < -0.4 is 10.6 Å². The van der Waals surface area contributed by atoms with E-state index in [0.717, 1.165) is 23.7 Å². The van der Waals surface area contributed by atoms with Gasteiger partial charge < -0.3 is 15.5 Å². The molecule has 1 aliphatic heterocycles. The average molecular weight is 441 g/mol. The molecule has 0 aromatic carbocycles. The van der Waals surface area contributed by atoms with Crippen LogP contribution in [0.1, 0.15) is 41.9 Å². The number of pyridine rings is 1. The van der Waals surface area contributed by atoms with Crippen molar-refractivity contribution in [1.82, 2.24) is 25.2 Å². The molecule has 1 saturated carbocycles. The molecule has 3 aromatic heterocycles. The number of hydrogen-bond acceptors (Lipinski definition) is 7. The molecule has 0 radical (unpaired) electrons. The van der Waals surface area contributed by atoms with Crippen molar-refractivity contribution in [3.63, 3.8) is 0 Å². The van der Waals surface area contributed by atoms with Crippen molar-refractivity contribution in [2.24, 2.45) is 5.92 Å². The minimum atomic E-state index is -0.419. The van der Waals surface area contributed by atoms with E-state index in [2.05, 4.69) is 25.6 Å². The second-order valence-corrected chi connectivity index (χ2v) is 8.94. The van der Waals surface area contributed by atoms with Gasteiger partial charge in [0.2, 0.25) is 11.9 Å². The molecule has 1 atom stereocenters. The number of nitrogens with zero attached hydrogens (tertiary/aromatic N) is 4. The number of rotatable bonds is 6. The molecule has 160 valence electrons. The fourth-order valence-electron chi connectivity index (χ4n) is 3.57. The van der Waals surface area contributed by atoms with Crippen LogP contribution >= 0.6 is 11.3 Å². The molecule has 31 heavy (non-hydrogen) atoms. The number of carbonyl (C=O) groups excluding carboxylic acids is 2. The van der Waals surface area contributed by atoms with Crippen molar-refractivity contribution in [2.45, 2.75) is 31.8 Å². The maximum atomic E-state index is 13.5. The number of carbonyl (C=O) groups is 2. The zero-order valence-corrected chi connectivity index (χ0v) is 17.7. The third-order valence-electron chi connectivity index (χ3n) is 5.54. The van der Waals surface area contributed by atoms with Crippen LogP contribution in [-0.4, -0.2) is 50.8 Å². The normalized spacial score (nSPS) is 17.3. The molecular weight excluding hydrogens is 419 g/mol. The summed E-state index contributed by atoms with van der Waals surface area (Å²) in [7, 11) is 0. The van der Waals surface area contributed by atoms with Crippen molar-refractivity contribution >= 4 is 39.3 Å². The van der Waals surface area contributed by atoms with E-state index in [1.165, 1.54) is 17.4 Å². The number of hydrogen-bond donors (Lipinski definition) is 2. The molecule has 0 bridgehead atoms. The highest BCUT2D eigenvalue weighted by Gasteiger charge is 2.37. The van der Waals surface area contributed by atoms with Gasteiger partial charge in [0, 0.05) is 25.2 Å². The summed E-state index contributed by atoms with van der Waals surface area (Å²) < 4.78 is 14.2. The highest BCUT2D eigenvalue weighted by Crippen LogP contribution is 2.30. The Hall–Kier alpha value is -3.14. The van der Waals surface area contributed by atoms with E-state index in [1.54, 1.807) is 11.1 Å². The van der Waals surface area contributed by atoms with Crippen LogP contribution in [0.25, 0.3) is 10.2 Å². The number of nitrogens with one attached hydrogen (secondary N) is 2. The zero-order valence-electron chi connectivity index (χ0n) is 16.8. The predicted octanol–water partition coefficient (Wildman–Crippen LogP) is 2.75. The van der Waals surface area contributed by atoms with Crippen molar-refractivity contribution in [3.05, 3.63) is 47.0 Å². The van der Waals surface area contributed by atoms with E-state index in [9.17, 15) is 14.0 Å². The molecule has 3 aromatic rings. The number of anilines is 1. The number of likely N-dealkylation sites (tertiary alicyclic amines) is 1. The van der Waals surface area contributed by atoms with E-state index >= 15 is 0 Å². The SMILES string of the molecule is C[C@H](Nc1nc(C(=O)N2CC(NC(=O)C3CC3)C2)c2sccc2n1)c1cncc(F)c1. The maximum absolute atomic E-state index is 13.5. The molecule has 5 rings (SSSR count). The first-order valence-electron chi connectivity index (χ1n) is 10.2. The van der Waals surface area contributed by atoms with Gasteiger partial charge >= 0.3 is 0 Å². The van der Waals surface area contributed by atoms with Crippen molar-refractivity contribution in [3.8, 4) is 0 Å². The second-order valence-electron chi connectivity index (χ2n) is 8.02. The number of aromatic nitrogens is 3. The van der Waals surface area contributed by atoms with E-state index in [0.29, 0.717) is 35.8 Å². The van der Waals surface area contributed by atoms with Crippen molar-refractivity contribution in [2.75, 3.05) is 18.4 Å². The Morgan fingerprint density at radius 3 is 2.81 bits per heavy atom. The summed E-state index contributed by atoms with van der Waals surface area (Å²) in [5.74, 6) is -0.0641. The second kappa shape index (κ2) is 7.84. The maximum Gasteiger partial charge on any atom is 0.274 e. The first-order valence-corrected chi connectivity index (χ1v) is 11.1. The summed E-state index contributed by atoms with van der Waals surface area (Å²) in [6.45, 7) is 2.80. The summed E-state index contributed by atoms with van der Waals surface area (Å²) >= 11 is 1.41. The first kappa shape index (κ1) is 19.8. The molecule has 2 amide bonds. The third-order valence-corrected chi connectivity index (χ3v) is 6.45. The quantitative estimate of drug-likeness (QED) is 0.611. The molecule has 0 unspecified atom stereocenters. The van der Waals surface area contributed by atoms with Gasteiger partial charge in [-0.05, 0) is 42.8 Å². The van der Waals surface area contributed by atoms with Crippen molar-refractivity contribution in [1.29, 1.82) is 0 Å². The van der Waals surface area contributed by atoms with Crippen LogP contribution in [-0.2, 0) is 4.79 Å². The van der Waals surface area contributed by atoms with Gasteiger partial charge in [-0.15, -0.1) is 11.3 Å². The van der Waals surface area contributed by atoms with Crippen LogP contribution in [0, 0.1) is 11.7 Å². The molecular formula is C21H21FN6O2S. The van der Waals surface area contributed by atoms with Gasteiger partial charge in [0.25, 0.3) is 5.91 Å². The molecule has 2 N–H and O–H groups in total. The predicted molar refractivity (Wildman–Crippen MR) is 114 cm³/mol. The van der Waals surface area contributed by atoms with Crippen LogP contribution in [0.2, 0.25) is 0 Å². The van der Waals surface area contributed by atoms with E-state index in [4.69, 9.17) is 0 Å². The Labute approximate surface area is 181 Å². The highest BCUT2D eigenvalue weighted by molar-refractivity contribution is 7.17. The Morgan fingerprint density at radius 2 is 2.06 bits per heavy atom. The zero-order chi connectivity index (χ0) is 21.5. The standard InChI is InChI=1S/C21H21FN6O2S/c1-11(13-6-14(22)8-23-7-13)24-21-26-16-4-5-31-18(16)17(27-21)20(30)28-9-15(10-28)25-19(29)12-2-3-12/h4-8,11-12,15H,2-3,9-10H2,1H3,(H,25,29)(H,24,26,27)/t11-/m0/s1. The average Bonchev–Trinajstić information content (AvgIpc) is 3.47. The molecule has 2 fully saturated rings. The lowest BCUT2D eigenvalue weighted by Gasteiger charge is -2.39. The van der Waals surface area contributed by atoms with Gasteiger partial charge in [-0.2, -0.15) is 0 Å². The van der Waals surface area contributed by atoms with Gasteiger partial charge in [-0.1, -0.05) is 0 Å². The molecule has 1 saturated heterocycles. The molecule has 4 heterocycles. The third kappa shape index (κ3) is 4.07. The van der Waals surface area contributed by atoms with Gasteiger partial charge in [0.15, 0.2) is 5.69 Å². The van der Waals surface area contributed by atoms with E-state index < -0.39 is 5.82 Å². The summed E-state index contributed by atoms with van der Waals surface area (Å²) in [6, 6.07) is 2.94. The summed E-state index contributed by atoms with van der Waals surface area (Å²) in [5.41, 5.74) is 1.66. The number of halogens is 1. The minimum Gasteiger partial charge on any atom is -0.350 e. The molecule has 0 spiro atoms. The minimum absolute atomic E-state index is 0.00388. The van der Waals surface area contributed by atoms with Crippen molar-refractivity contribution < 1.29 is 14.0 Å².